The zero-order valence-electron chi connectivity index (χ0n) is 10.4. The van der Waals surface area contributed by atoms with Crippen molar-refractivity contribution in [2.24, 2.45) is 5.73 Å². The van der Waals surface area contributed by atoms with E-state index >= 15 is 0 Å². The van der Waals surface area contributed by atoms with E-state index in [-0.39, 0.29) is 0 Å². The summed E-state index contributed by atoms with van der Waals surface area (Å²) in [6, 6.07) is 0. The summed E-state index contributed by atoms with van der Waals surface area (Å²) in [4.78, 5) is 4.66. The molecule has 0 bridgehead atoms. The van der Waals surface area contributed by atoms with Gasteiger partial charge in [-0.15, -0.1) is 11.3 Å². The van der Waals surface area contributed by atoms with Crippen molar-refractivity contribution < 1.29 is 0 Å². The quantitative estimate of drug-likeness (QED) is 0.670. The molecule has 1 aromatic heterocycles. The van der Waals surface area contributed by atoms with Gasteiger partial charge in [0, 0.05) is 5.38 Å². The molecule has 16 heavy (non-hydrogen) atoms. The van der Waals surface area contributed by atoms with Gasteiger partial charge in [-0.1, -0.05) is 26.2 Å². The van der Waals surface area contributed by atoms with Crippen LogP contribution in [0.3, 0.4) is 0 Å². The van der Waals surface area contributed by atoms with E-state index in [1.165, 1.54) is 42.8 Å². The van der Waals surface area contributed by atoms with E-state index in [1.54, 1.807) is 0 Å². The summed E-state index contributed by atoms with van der Waals surface area (Å²) >= 11 is 1.81. The molecule has 1 rings (SSSR count). The molecule has 0 atom stereocenters. The summed E-state index contributed by atoms with van der Waals surface area (Å²) < 4.78 is 0. The van der Waals surface area contributed by atoms with E-state index in [0.29, 0.717) is 0 Å². The molecule has 2 N–H and O–H groups in total. The molecular formula is C13H24N2S. The fourth-order valence-electron chi connectivity index (χ4n) is 1.73. The molecule has 0 aliphatic heterocycles. The molecule has 0 aromatic carbocycles. The van der Waals surface area contributed by atoms with E-state index < -0.39 is 0 Å². The monoisotopic (exact) mass is 240 g/mol. The molecule has 1 aromatic rings. The first-order valence-corrected chi connectivity index (χ1v) is 7.38. The summed E-state index contributed by atoms with van der Waals surface area (Å²) in [5.41, 5.74) is 6.77. The normalized spacial score (nSPS) is 10.9. The van der Waals surface area contributed by atoms with Crippen molar-refractivity contribution in [1.82, 2.24) is 4.98 Å². The standard InChI is InChI=1S/C13H24N2S/c1-2-3-4-5-8-12-11-16-13(15-12)9-6-7-10-14/h11H,2-10,14H2,1H3. The second kappa shape index (κ2) is 8.71. The Morgan fingerprint density at radius 3 is 2.69 bits per heavy atom. The minimum Gasteiger partial charge on any atom is -0.330 e. The highest BCUT2D eigenvalue weighted by Crippen LogP contribution is 2.15. The molecule has 0 aliphatic rings. The number of thiazole rings is 1. The minimum absolute atomic E-state index is 0.801. The third-order valence-corrected chi connectivity index (χ3v) is 3.69. The van der Waals surface area contributed by atoms with Crippen molar-refractivity contribution in [1.29, 1.82) is 0 Å². The van der Waals surface area contributed by atoms with Crippen LogP contribution in [0.2, 0.25) is 0 Å². The summed E-state index contributed by atoms with van der Waals surface area (Å²) in [7, 11) is 0. The molecule has 92 valence electrons. The van der Waals surface area contributed by atoms with Crippen LogP contribution in [-0.4, -0.2) is 11.5 Å². The van der Waals surface area contributed by atoms with E-state index in [2.05, 4.69) is 17.3 Å². The van der Waals surface area contributed by atoms with Crippen LogP contribution in [0.4, 0.5) is 0 Å². The zero-order chi connectivity index (χ0) is 11.6. The molecule has 0 saturated carbocycles. The number of aromatic nitrogens is 1. The van der Waals surface area contributed by atoms with Gasteiger partial charge in [0.15, 0.2) is 0 Å². The molecule has 0 saturated heterocycles. The minimum atomic E-state index is 0.801. The van der Waals surface area contributed by atoms with Crippen LogP contribution in [0.1, 0.15) is 56.2 Å². The lowest BCUT2D eigenvalue weighted by molar-refractivity contribution is 0.660. The number of rotatable bonds is 9. The van der Waals surface area contributed by atoms with Gasteiger partial charge in [-0.2, -0.15) is 0 Å². The molecular weight excluding hydrogens is 216 g/mol. The predicted octanol–water partition coefficient (Wildman–Crippen LogP) is 3.55. The van der Waals surface area contributed by atoms with Crippen molar-refractivity contribution in [2.45, 2.75) is 58.3 Å². The fourth-order valence-corrected chi connectivity index (χ4v) is 2.61. The Labute approximate surface area is 103 Å². The molecule has 0 radical (unpaired) electrons. The van der Waals surface area contributed by atoms with Gasteiger partial charge in [0.05, 0.1) is 10.7 Å². The van der Waals surface area contributed by atoms with E-state index in [9.17, 15) is 0 Å². The lowest BCUT2D eigenvalue weighted by atomic mass is 10.1. The summed E-state index contributed by atoms with van der Waals surface area (Å²) in [6.45, 7) is 3.05. The van der Waals surface area contributed by atoms with Gasteiger partial charge in [-0.3, -0.25) is 0 Å². The molecule has 3 heteroatoms. The largest absolute Gasteiger partial charge is 0.330 e. The van der Waals surface area contributed by atoms with Gasteiger partial charge in [-0.25, -0.2) is 4.98 Å². The van der Waals surface area contributed by atoms with Crippen molar-refractivity contribution in [3.63, 3.8) is 0 Å². The van der Waals surface area contributed by atoms with Crippen LogP contribution in [0, 0.1) is 0 Å². The Kier molecular flexibility index (Phi) is 7.43. The number of hydrogen-bond acceptors (Lipinski definition) is 3. The number of hydrogen-bond donors (Lipinski definition) is 1. The first kappa shape index (κ1) is 13.7. The lowest BCUT2D eigenvalue weighted by Crippen LogP contribution is -1.98. The smallest absolute Gasteiger partial charge is 0.0928 e. The fraction of sp³-hybridized carbons (Fsp3) is 0.769. The topological polar surface area (TPSA) is 38.9 Å². The third-order valence-electron chi connectivity index (χ3n) is 2.73. The Bertz CT molecular complexity index is 271. The molecule has 0 unspecified atom stereocenters. The average Bonchev–Trinajstić information content (AvgIpc) is 2.73. The SMILES string of the molecule is CCCCCCc1csc(CCCCN)n1. The Balaban J connectivity index is 2.17. The maximum atomic E-state index is 5.48. The first-order valence-electron chi connectivity index (χ1n) is 6.50. The van der Waals surface area contributed by atoms with Crippen LogP contribution in [0.15, 0.2) is 5.38 Å². The van der Waals surface area contributed by atoms with Gasteiger partial charge < -0.3 is 5.73 Å². The van der Waals surface area contributed by atoms with Crippen LogP contribution in [-0.2, 0) is 12.8 Å². The van der Waals surface area contributed by atoms with Crippen LogP contribution < -0.4 is 5.73 Å². The molecule has 0 spiro atoms. The van der Waals surface area contributed by atoms with Gasteiger partial charge in [0.25, 0.3) is 0 Å². The Hall–Kier alpha value is -0.410. The number of unbranched alkanes of at least 4 members (excludes halogenated alkanes) is 4. The average molecular weight is 240 g/mol. The molecule has 1 heterocycles. The van der Waals surface area contributed by atoms with Gasteiger partial charge >= 0.3 is 0 Å². The number of nitrogens with two attached hydrogens (primary N) is 1. The van der Waals surface area contributed by atoms with Gasteiger partial charge in [0.1, 0.15) is 0 Å². The van der Waals surface area contributed by atoms with Crippen LogP contribution in [0.5, 0.6) is 0 Å². The predicted molar refractivity (Wildman–Crippen MR) is 72.0 cm³/mol. The summed E-state index contributed by atoms with van der Waals surface area (Å²) in [5.74, 6) is 0. The second-order valence-electron chi connectivity index (χ2n) is 4.29. The maximum absolute atomic E-state index is 5.48. The van der Waals surface area contributed by atoms with Crippen molar-refractivity contribution in [2.75, 3.05) is 6.54 Å². The van der Waals surface area contributed by atoms with E-state index in [4.69, 9.17) is 5.73 Å². The van der Waals surface area contributed by atoms with Crippen molar-refractivity contribution in [3.05, 3.63) is 16.1 Å². The first-order chi connectivity index (χ1) is 7.86. The summed E-state index contributed by atoms with van der Waals surface area (Å²) in [6.07, 6.45) is 9.86. The van der Waals surface area contributed by atoms with Crippen molar-refractivity contribution in [3.8, 4) is 0 Å². The van der Waals surface area contributed by atoms with Gasteiger partial charge in [0.2, 0.25) is 0 Å². The van der Waals surface area contributed by atoms with Gasteiger partial charge in [-0.05, 0) is 38.6 Å². The highest BCUT2D eigenvalue weighted by Gasteiger charge is 2.01. The molecule has 0 amide bonds. The number of nitrogens with zero attached hydrogens (tertiary/aromatic N) is 1. The Morgan fingerprint density at radius 2 is 1.94 bits per heavy atom. The van der Waals surface area contributed by atoms with E-state index in [0.717, 1.165) is 25.8 Å². The highest BCUT2D eigenvalue weighted by atomic mass is 32.1. The van der Waals surface area contributed by atoms with Crippen LogP contribution in [0.25, 0.3) is 0 Å². The van der Waals surface area contributed by atoms with Crippen LogP contribution >= 0.6 is 11.3 Å². The second-order valence-corrected chi connectivity index (χ2v) is 5.23. The van der Waals surface area contributed by atoms with E-state index in [1.807, 2.05) is 11.3 Å². The Morgan fingerprint density at radius 1 is 1.12 bits per heavy atom. The third kappa shape index (κ3) is 5.61. The summed E-state index contributed by atoms with van der Waals surface area (Å²) in [5, 5.41) is 3.52. The highest BCUT2D eigenvalue weighted by molar-refractivity contribution is 7.09. The number of aryl methyl sites for hydroxylation is 2. The maximum Gasteiger partial charge on any atom is 0.0928 e. The lowest BCUT2D eigenvalue weighted by Gasteiger charge is -1.97. The van der Waals surface area contributed by atoms with Crippen molar-refractivity contribution >= 4 is 11.3 Å². The molecule has 0 fully saturated rings. The molecule has 2 nitrogen and oxygen atoms in total. The molecule has 0 aliphatic carbocycles. The zero-order valence-corrected chi connectivity index (χ0v) is 11.2.